The Morgan fingerprint density at radius 3 is 2.38 bits per heavy atom. The van der Waals surface area contributed by atoms with Gasteiger partial charge >= 0.3 is 0 Å². The smallest absolute Gasteiger partial charge is 0.261 e. The van der Waals surface area contributed by atoms with E-state index in [0.29, 0.717) is 47.6 Å². The molecule has 5 rings (SSSR count). The van der Waals surface area contributed by atoms with Crippen LogP contribution in [0.5, 0.6) is 0 Å². The van der Waals surface area contributed by atoms with Crippen LogP contribution >= 0.6 is 23.2 Å². The Morgan fingerprint density at radius 1 is 0.889 bits per heavy atom. The average molecular weight is 655 g/mol. The minimum atomic E-state index is -0.288. The lowest BCUT2D eigenvalue weighted by atomic mass is 9.84. The number of ether oxygens (including phenoxy) is 3. The van der Waals surface area contributed by atoms with E-state index in [1.54, 1.807) is 18.2 Å². The maximum atomic E-state index is 12.6. The van der Waals surface area contributed by atoms with Crippen LogP contribution in [0, 0.1) is 6.92 Å². The number of imide groups is 1. The molecule has 2 aliphatic heterocycles. The maximum Gasteiger partial charge on any atom is 0.261 e. The fourth-order valence-electron chi connectivity index (χ4n) is 5.66. The highest BCUT2D eigenvalue weighted by molar-refractivity contribution is 6.35. The zero-order valence-electron chi connectivity index (χ0n) is 25.4. The summed E-state index contributed by atoms with van der Waals surface area (Å²) in [6.45, 7) is 5.53. The van der Waals surface area contributed by atoms with E-state index in [2.05, 4.69) is 23.3 Å². The Labute approximate surface area is 273 Å². The standard InChI is InChI=1S/C34H37Cl2N3O6/c1-22-6-7-26-28(16-22)34(42)39(33(26)41)9-11-44-13-15-45-14-12-43-10-8-32(40)37-25-5-3-4-23(17-25)29-20-38(2)21-30-27(29)18-24(35)19-31(30)36/h3-7,16-19,29H,8-15,20-21H2,1-2H3,(H,37,40). The summed E-state index contributed by atoms with van der Waals surface area (Å²) in [6.07, 6.45) is 0.213. The van der Waals surface area contributed by atoms with Gasteiger partial charge in [-0.25, -0.2) is 0 Å². The molecule has 0 fully saturated rings. The van der Waals surface area contributed by atoms with Gasteiger partial charge in [0.15, 0.2) is 0 Å². The first kappa shape index (κ1) is 33.1. The van der Waals surface area contributed by atoms with E-state index in [1.165, 1.54) is 4.90 Å². The summed E-state index contributed by atoms with van der Waals surface area (Å²) in [5.74, 6) is -0.624. The normalized spacial score (nSPS) is 16.2. The van der Waals surface area contributed by atoms with Crippen molar-refractivity contribution < 1.29 is 28.6 Å². The van der Waals surface area contributed by atoms with E-state index in [4.69, 9.17) is 37.4 Å². The predicted octanol–water partition coefficient (Wildman–Crippen LogP) is 5.55. The molecule has 1 atom stereocenters. The number of likely N-dealkylation sites (N-methyl/N-ethyl adjacent to an activating group) is 1. The van der Waals surface area contributed by atoms with Crippen molar-refractivity contribution in [2.45, 2.75) is 25.8 Å². The van der Waals surface area contributed by atoms with Crippen LogP contribution in [0.2, 0.25) is 10.0 Å². The van der Waals surface area contributed by atoms with E-state index in [0.717, 1.165) is 41.0 Å². The molecule has 0 saturated heterocycles. The van der Waals surface area contributed by atoms with Crippen LogP contribution in [-0.4, -0.2) is 87.3 Å². The quantitative estimate of drug-likeness (QED) is 0.180. The number of fused-ring (bicyclic) bond motifs is 2. The Hall–Kier alpha value is -3.31. The van der Waals surface area contributed by atoms with Gasteiger partial charge in [0, 0.05) is 34.7 Å². The Kier molecular flexibility index (Phi) is 11.3. The van der Waals surface area contributed by atoms with Gasteiger partial charge in [0.1, 0.15) is 0 Å². The first-order valence-electron chi connectivity index (χ1n) is 15.0. The number of rotatable bonds is 14. The third-order valence-corrected chi connectivity index (χ3v) is 8.42. The van der Waals surface area contributed by atoms with Gasteiger partial charge in [0.25, 0.3) is 11.8 Å². The van der Waals surface area contributed by atoms with Crippen molar-refractivity contribution in [1.82, 2.24) is 9.80 Å². The van der Waals surface area contributed by atoms with Crippen LogP contribution in [0.25, 0.3) is 0 Å². The molecule has 0 spiro atoms. The van der Waals surface area contributed by atoms with Crippen LogP contribution in [-0.2, 0) is 25.5 Å². The lowest BCUT2D eigenvalue weighted by Crippen LogP contribution is -2.33. The van der Waals surface area contributed by atoms with E-state index < -0.39 is 0 Å². The van der Waals surface area contributed by atoms with Crippen molar-refractivity contribution in [3.05, 3.63) is 98.0 Å². The fourth-order valence-corrected chi connectivity index (χ4v) is 6.23. The molecule has 3 aromatic rings. The van der Waals surface area contributed by atoms with Crippen molar-refractivity contribution in [2.75, 3.05) is 65.1 Å². The Morgan fingerprint density at radius 2 is 1.60 bits per heavy atom. The Balaban J connectivity index is 0.949. The second-order valence-corrected chi connectivity index (χ2v) is 12.1. The van der Waals surface area contributed by atoms with Crippen molar-refractivity contribution in [3.63, 3.8) is 0 Å². The number of hydrogen-bond acceptors (Lipinski definition) is 7. The van der Waals surface area contributed by atoms with Gasteiger partial charge in [-0.15, -0.1) is 0 Å². The highest BCUT2D eigenvalue weighted by Gasteiger charge is 2.35. The minimum Gasteiger partial charge on any atom is -0.379 e. The highest BCUT2D eigenvalue weighted by Crippen LogP contribution is 2.39. The van der Waals surface area contributed by atoms with Gasteiger partial charge in [-0.1, -0.05) is 47.0 Å². The topological polar surface area (TPSA) is 97.4 Å². The summed E-state index contributed by atoms with van der Waals surface area (Å²) in [4.78, 5) is 41.0. The number of nitrogens with one attached hydrogen (secondary N) is 1. The molecule has 0 radical (unpaired) electrons. The zero-order chi connectivity index (χ0) is 31.9. The SMILES string of the molecule is Cc1ccc2c(c1)C(=O)N(CCOCCOCCOCCC(=O)Nc1cccc(C3CN(C)Cc4c(Cl)cc(Cl)cc43)c1)C2=O. The lowest BCUT2D eigenvalue weighted by Gasteiger charge is -2.33. The fraction of sp³-hybridized carbons (Fsp3) is 0.382. The largest absolute Gasteiger partial charge is 0.379 e. The highest BCUT2D eigenvalue weighted by atomic mass is 35.5. The molecule has 2 aliphatic rings. The second kappa shape index (κ2) is 15.3. The number of carbonyl (C=O) groups excluding carboxylic acids is 3. The number of hydrogen-bond donors (Lipinski definition) is 1. The molecule has 45 heavy (non-hydrogen) atoms. The van der Waals surface area contributed by atoms with Crippen LogP contribution in [0.15, 0.2) is 54.6 Å². The van der Waals surface area contributed by atoms with Crippen molar-refractivity contribution in [1.29, 1.82) is 0 Å². The summed E-state index contributed by atoms with van der Waals surface area (Å²) in [7, 11) is 2.07. The molecule has 238 valence electrons. The lowest BCUT2D eigenvalue weighted by molar-refractivity contribution is -0.117. The molecule has 0 bridgehead atoms. The first-order chi connectivity index (χ1) is 21.7. The van der Waals surface area contributed by atoms with Crippen molar-refractivity contribution in [2.24, 2.45) is 0 Å². The molecule has 3 amide bonds. The molecule has 0 aliphatic carbocycles. The third kappa shape index (κ3) is 8.30. The van der Waals surface area contributed by atoms with Crippen molar-refractivity contribution in [3.8, 4) is 0 Å². The molecule has 0 aromatic heterocycles. The molecule has 1 N–H and O–H groups in total. The van der Waals surface area contributed by atoms with Gasteiger partial charge in [0.05, 0.1) is 63.7 Å². The second-order valence-electron chi connectivity index (χ2n) is 11.3. The van der Waals surface area contributed by atoms with E-state index in [-0.39, 0.29) is 49.8 Å². The van der Waals surface area contributed by atoms with Gasteiger partial charge < -0.3 is 24.4 Å². The van der Waals surface area contributed by atoms with Crippen LogP contribution in [0.3, 0.4) is 0 Å². The Bertz CT molecular complexity index is 1560. The van der Waals surface area contributed by atoms with E-state index in [1.807, 2.05) is 37.3 Å². The number of aryl methyl sites for hydroxylation is 1. The van der Waals surface area contributed by atoms with Crippen molar-refractivity contribution >= 4 is 46.6 Å². The minimum absolute atomic E-state index is 0.0845. The number of benzene rings is 3. The van der Waals surface area contributed by atoms with Gasteiger partial charge in [0.2, 0.25) is 5.91 Å². The monoisotopic (exact) mass is 653 g/mol. The molecular weight excluding hydrogens is 617 g/mol. The number of halogens is 2. The predicted molar refractivity (Wildman–Crippen MR) is 173 cm³/mol. The molecule has 3 aromatic carbocycles. The molecular formula is C34H37Cl2N3O6. The van der Waals surface area contributed by atoms with Gasteiger partial charge in [-0.05, 0) is 67.1 Å². The third-order valence-electron chi connectivity index (χ3n) is 7.87. The van der Waals surface area contributed by atoms with E-state index in [9.17, 15) is 14.4 Å². The first-order valence-corrected chi connectivity index (χ1v) is 15.7. The molecule has 11 heteroatoms. The summed E-state index contributed by atoms with van der Waals surface area (Å²) in [6, 6.07) is 16.9. The van der Waals surface area contributed by atoms with Gasteiger partial charge in [-0.3, -0.25) is 19.3 Å². The van der Waals surface area contributed by atoms with Crippen LogP contribution < -0.4 is 5.32 Å². The number of carbonyl (C=O) groups is 3. The van der Waals surface area contributed by atoms with Crippen LogP contribution in [0.4, 0.5) is 5.69 Å². The maximum absolute atomic E-state index is 12.6. The van der Waals surface area contributed by atoms with E-state index >= 15 is 0 Å². The number of amides is 3. The van der Waals surface area contributed by atoms with Crippen LogP contribution in [0.1, 0.15) is 55.3 Å². The molecule has 1 unspecified atom stereocenters. The summed E-state index contributed by atoms with van der Waals surface area (Å²) >= 11 is 12.8. The summed E-state index contributed by atoms with van der Waals surface area (Å²) in [5.41, 5.74) is 5.82. The summed E-state index contributed by atoms with van der Waals surface area (Å²) < 4.78 is 16.6. The average Bonchev–Trinajstić information content (AvgIpc) is 3.24. The molecule has 9 nitrogen and oxygen atoms in total. The summed E-state index contributed by atoms with van der Waals surface area (Å²) in [5, 5.41) is 4.25. The molecule has 0 saturated carbocycles. The van der Waals surface area contributed by atoms with Gasteiger partial charge in [-0.2, -0.15) is 0 Å². The number of anilines is 1. The number of nitrogens with zero attached hydrogens (tertiary/aromatic N) is 2. The zero-order valence-corrected chi connectivity index (χ0v) is 27.0. The molecule has 2 heterocycles.